The number of hydrogen-bond acceptors (Lipinski definition) is 10. The van der Waals surface area contributed by atoms with Crippen LogP contribution in [-0.4, -0.2) is 63.9 Å². The normalized spacial score (nSPS) is 26.8. The third-order valence-electron chi connectivity index (χ3n) is 10.5. The molecule has 2 N–H and O–H groups in total. The number of alkyl halides is 3. The maximum absolute atomic E-state index is 15.2. The van der Waals surface area contributed by atoms with Gasteiger partial charge in [0.05, 0.1) is 48.0 Å². The fourth-order valence-electron chi connectivity index (χ4n) is 8.29. The zero-order chi connectivity index (χ0) is 37.4. The van der Waals surface area contributed by atoms with Gasteiger partial charge in [-0.3, -0.25) is 24.6 Å². The fraction of sp³-hybridized carbons (Fsp3) is 0.314. The van der Waals surface area contributed by atoms with E-state index in [0.29, 0.717) is 32.8 Å². The van der Waals surface area contributed by atoms with Crippen LogP contribution in [0.25, 0.3) is 0 Å². The van der Waals surface area contributed by atoms with Crippen molar-refractivity contribution >= 4 is 58.7 Å². The number of nitrogens with zero attached hydrogens (tertiary/aromatic N) is 3. The molecule has 7 rings (SSSR count). The number of rotatable bonds is 5. The predicted molar refractivity (Wildman–Crippen MR) is 176 cm³/mol. The molecule has 2 aromatic carbocycles. The minimum Gasteiger partial charge on any atom is -0.508 e. The number of allylic oxidation sites excluding steroid dienone is 2. The maximum atomic E-state index is 15.2. The Morgan fingerprint density at radius 2 is 1.71 bits per heavy atom. The number of phenols is 1. The number of aromatic hydroxyl groups is 1. The lowest BCUT2D eigenvalue weighted by molar-refractivity contribution is -0.140. The van der Waals surface area contributed by atoms with Crippen molar-refractivity contribution in [2.75, 3.05) is 19.6 Å². The van der Waals surface area contributed by atoms with E-state index < -0.39 is 87.3 Å². The highest BCUT2D eigenvalue weighted by Crippen LogP contribution is 2.65. The lowest BCUT2D eigenvalue weighted by Crippen LogP contribution is -2.53. The molecule has 17 heteroatoms. The molecule has 52 heavy (non-hydrogen) atoms. The molecule has 3 fully saturated rings. The Labute approximate surface area is 303 Å². The van der Waals surface area contributed by atoms with Crippen LogP contribution in [0.5, 0.6) is 11.5 Å². The summed E-state index contributed by atoms with van der Waals surface area (Å²) in [6.07, 6.45) is -3.97. The molecule has 0 spiro atoms. The number of ether oxygens (including phenoxy) is 2. The molecule has 0 radical (unpaired) electrons. The molecule has 1 saturated carbocycles. The number of carbonyl (C=O) groups excluding carboxylic acids is 5. The number of imide groups is 4. The number of aromatic nitrogens is 1. The van der Waals surface area contributed by atoms with Crippen molar-refractivity contribution in [3.05, 3.63) is 93.1 Å². The molecule has 5 amide bonds. The number of carbonyl (C=O) groups is 5. The summed E-state index contributed by atoms with van der Waals surface area (Å²) >= 11 is 12.5. The van der Waals surface area contributed by atoms with Crippen LogP contribution in [0.4, 0.5) is 23.8 Å². The molecule has 4 aliphatic rings. The van der Waals surface area contributed by atoms with Gasteiger partial charge in [-0.05, 0) is 60.7 Å². The van der Waals surface area contributed by atoms with E-state index in [2.05, 4.69) is 10.4 Å². The van der Waals surface area contributed by atoms with Gasteiger partial charge in [-0.2, -0.15) is 23.1 Å². The average molecular weight is 760 g/mol. The van der Waals surface area contributed by atoms with E-state index in [9.17, 15) is 37.5 Å². The van der Waals surface area contributed by atoms with Gasteiger partial charge in [0.25, 0.3) is 11.8 Å². The minimum absolute atomic E-state index is 0.0215. The van der Waals surface area contributed by atoms with Gasteiger partial charge in [0.15, 0.2) is 5.82 Å². The van der Waals surface area contributed by atoms with Gasteiger partial charge in [0.2, 0.25) is 11.8 Å². The van der Waals surface area contributed by atoms with E-state index >= 15 is 4.79 Å². The Kier molecular flexibility index (Phi) is 8.49. The van der Waals surface area contributed by atoms with Crippen molar-refractivity contribution in [1.29, 1.82) is 0 Å². The van der Waals surface area contributed by atoms with Crippen LogP contribution in [0.1, 0.15) is 35.4 Å². The molecule has 6 atom stereocenters. The Morgan fingerprint density at radius 1 is 1.00 bits per heavy atom. The van der Waals surface area contributed by atoms with Crippen LogP contribution < -0.4 is 10.2 Å². The summed E-state index contributed by atoms with van der Waals surface area (Å²) in [6.45, 7) is 0. The Morgan fingerprint density at radius 3 is 2.35 bits per heavy atom. The molecule has 0 bridgehead atoms. The van der Waals surface area contributed by atoms with Crippen LogP contribution in [-0.2, 0) is 35.5 Å². The van der Waals surface area contributed by atoms with Gasteiger partial charge in [-0.1, -0.05) is 47.0 Å². The number of hydrazine groups is 1. The third kappa shape index (κ3) is 5.11. The molecule has 3 aromatic rings. The second-order valence-electron chi connectivity index (χ2n) is 12.8. The predicted octanol–water partition coefficient (Wildman–Crippen LogP) is 5.87. The lowest BCUT2D eigenvalue weighted by atomic mass is 9.49. The van der Waals surface area contributed by atoms with Crippen LogP contribution in [0, 0.1) is 23.7 Å². The van der Waals surface area contributed by atoms with Gasteiger partial charge in [-0.15, -0.1) is 0 Å². The molecular weight excluding hydrogens is 732 g/mol. The van der Waals surface area contributed by atoms with Crippen LogP contribution in [0.2, 0.25) is 10.0 Å². The van der Waals surface area contributed by atoms with Crippen molar-refractivity contribution in [3.63, 3.8) is 0 Å². The lowest BCUT2D eigenvalue weighted by Gasteiger charge is -2.50. The van der Waals surface area contributed by atoms with E-state index in [1.165, 1.54) is 37.4 Å². The van der Waals surface area contributed by atoms with Gasteiger partial charge in [0.1, 0.15) is 11.5 Å². The third-order valence-corrected chi connectivity index (χ3v) is 11.0. The first-order chi connectivity index (χ1) is 24.6. The Balaban J connectivity index is 1.45. The van der Waals surface area contributed by atoms with Gasteiger partial charge >= 0.3 is 12.3 Å². The smallest absolute Gasteiger partial charge is 0.423 e. The SMILES string of the molecule is COC(=O)N1C(=O)[C@H]2[C@H](CC=C3[C@H]2C[C@H]2C(=O)N(Nc4ncc(C(F)(F)F)cc4Cl)C(=O)[C@@]2(c2ccc(Cl)cc2)[C@H]3c2cc(OC)ccc2O)C1=O. The molecule has 0 unspecified atom stereocenters. The first kappa shape index (κ1) is 35.3. The fourth-order valence-corrected chi connectivity index (χ4v) is 8.62. The number of hydrogen-bond donors (Lipinski definition) is 2. The van der Waals surface area contributed by atoms with Gasteiger partial charge in [-0.25, -0.2) is 9.78 Å². The number of benzene rings is 2. The second kappa shape index (κ2) is 12.5. The molecule has 270 valence electrons. The number of phenolic OH excluding ortho intramolecular Hbond substituents is 1. The highest BCUT2D eigenvalue weighted by atomic mass is 35.5. The van der Waals surface area contributed by atoms with Crippen molar-refractivity contribution in [3.8, 4) is 11.5 Å². The second-order valence-corrected chi connectivity index (χ2v) is 13.7. The first-order valence-corrected chi connectivity index (χ1v) is 16.6. The van der Waals surface area contributed by atoms with Gasteiger partial charge < -0.3 is 14.6 Å². The largest absolute Gasteiger partial charge is 0.508 e. The zero-order valence-electron chi connectivity index (χ0n) is 27.1. The van der Waals surface area contributed by atoms with E-state index in [-0.39, 0.29) is 35.5 Å². The summed E-state index contributed by atoms with van der Waals surface area (Å²) in [5, 5.41) is 11.9. The van der Waals surface area contributed by atoms with Gasteiger partial charge in [0, 0.05) is 22.7 Å². The summed E-state index contributed by atoms with van der Waals surface area (Å²) in [6, 6.07) is 11.0. The number of halogens is 5. The quantitative estimate of drug-likeness (QED) is 0.238. The topological polar surface area (TPSA) is 155 Å². The Hall–Kier alpha value is -5.15. The molecule has 1 aromatic heterocycles. The summed E-state index contributed by atoms with van der Waals surface area (Å²) in [5.74, 6) is -9.33. The van der Waals surface area contributed by atoms with Crippen molar-refractivity contribution in [1.82, 2.24) is 14.9 Å². The highest BCUT2D eigenvalue weighted by Gasteiger charge is 2.71. The summed E-state index contributed by atoms with van der Waals surface area (Å²) < 4.78 is 50.4. The number of nitrogens with one attached hydrogen (secondary N) is 1. The molecule has 2 saturated heterocycles. The summed E-state index contributed by atoms with van der Waals surface area (Å²) in [7, 11) is 2.42. The number of amides is 5. The van der Waals surface area contributed by atoms with Crippen molar-refractivity contribution < 1.29 is 51.7 Å². The van der Waals surface area contributed by atoms with Crippen molar-refractivity contribution in [2.45, 2.75) is 30.4 Å². The molecule has 12 nitrogen and oxygen atoms in total. The molecule has 2 aliphatic carbocycles. The maximum Gasteiger partial charge on any atom is 0.423 e. The Bertz CT molecular complexity index is 2090. The summed E-state index contributed by atoms with van der Waals surface area (Å²) in [5.41, 5.74) is 0.352. The van der Waals surface area contributed by atoms with E-state index in [1.54, 1.807) is 18.2 Å². The summed E-state index contributed by atoms with van der Waals surface area (Å²) in [4.78, 5) is 74.0. The van der Waals surface area contributed by atoms with Crippen molar-refractivity contribution in [2.24, 2.45) is 23.7 Å². The highest BCUT2D eigenvalue weighted by molar-refractivity contribution is 6.33. The van der Waals surface area contributed by atoms with Crippen LogP contribution in [0.15, 0.2) is 66.4 Å². The number of methoxy groups -OCH3 is 2. The van der Waals surface area contributed by atoms with E-state index in [0.717, 1.165) is 7.11 Å². The van der Waals surface area contributed by atoms with E-state index in [1.807, 2.05) is 0 Å². The van der Waals surface area contributed by atoms with Crippen LogP contribution in [0.3, 0.4) is 0 Å². The minimum atomic E-state index is -4.78. The number of pyridine rings is 1. The molecule has 3 heterocycles. The van der Waals surface area contributed by atoms with Crippen LogP contribution >= 0.6 is 23.2 Å². The molecular formula is C35H27Cl2F3N4O8. The first-order valence-electron chi connectivity index (χ1n) is 15.8. The molecule has 2 aliphatic heterocycles. The standard InChI is InChI=1S/C35H27Cl2F3N4O8/c1-51-18-7-10-25(45)22(12-18)27-19-8-9-20-26(31(48)43(29(20)46)33(50)52-2)21(19)13-23-30(47)44(32(49)34(23,27)15-3-5-17(36)6-4-15)42-28-24(37)11-16(14-41-28)35(38,39)40/h3-8,10-12,14,20-21,23,26-27,45H,9,13H2,1-2H3,(H,41,42)/t20-,21+,23-,26-,27+,34+/m0/s1. The number of likely N-dealkylation sites (tertiary alicyclic amines) is 1. The van der Waals surface area contributed by atoms with E-state index in [4.69, 9.17) is 32.7 Å². The number of anilines is 1. The average Bonchev–Trinajstić information content (AvgIpc) is 3.49. The monoisotopic (exact) mass is 758 g/mol. The number of fused-ring (bicyclic) bond motifs is 4. The zero-order valence-corrected chi connectivity index (χ0v) is 28.6.